The lowest BCUT2D eigenvalue weighted by atomic mass is 10.2. The van der Waals surface area contributed by atoms with Crippen molar-refractivity contribution in [3.63, 3.8) is 0 Å². The first-order valence-electron chi connectivity index (χ1n) is 7.87. The van der Waals surface area contributed by atoms with E-state index in [1.54, 1.807) is 0 Å². The Morgan fingerprint density at radius 3 is 2.83 bits per heavy atom. The number of para-hydroxylation sites is 1. The van der Waals surface area contributed by atoms with E-state index in [1.165, 1.54) is 0 Å². The largest absolute Gasteiger partial charge is 0.350 e. The minimum absolute atomic E-state index is 0.194. The van der Waals surface area contributed by atoms with Crippen molar-refractivity contribution in [3.05, 3.63) is 77.1 Å². The van der Waals surface area contributed by atoms with E-state index in [0.717, 1.165) is 28.5 Å². The minimum atomic E-state index is -0.194. The number of benzene rings is 2. The number of nitrogens with zero attached hydrogens (tertiary/aromatic N) is 4. The summed E-state index contributed by atoms with van der Waals surface area (Å²) in [5, 5.41) is 9.26. The Hall–Kier alpha value is -2.37. The first kappa shape index (κ1) is 15.2. The van der Waals surface area contributed by atoms with Gasteiger partial charge in [0.15, 0.2) is 6.23 Å². The van der Waals surface area contributed by atoms with Gasteiger partial charge in [-0.15, -0.1) is 5.10 Å². The number of anilines is 1. The number of hydrogen-bond acceptors (Lipinski definition) is 4. The summed E-state index contributed by atoms with van der Waals surface area (Å²) < 4.78 is 7.69. The van der Waals surface area contributed by atoms with E-state index in [1.807, 2.05) is 53.3 Å². The molecule has 6 heteroatoms. The minimum Gasteiger partial charge on any atom is -0.350 e. The molecule has 1 aromatic heterocycles. The maximum absolute atomic E-state index is 6.03. The maximum atomic E-state index is 6.03. The molecule has 1 aliphatic rings. The first-order chi connectivity index (χ1) is 11.8. The van der Waals surface area contributed by atoms with Gasteiger partial charge in [0.25, 0.3) is 0 Å². The molecule has 1 aliphatic heterocycles. The van der Waals surface area contributed by atoms with Gasteiger partial charge >= 0.3 is 0 Å². The molecule has 0 aliphatic carbocycles. The Bertz CT molecular complexity index is 821. The summed E-state index contributed by atoms with van der Waals surface area (Å²) in [4.78, 5) is 2.20. The van der Waals surface area contributed by atoms with Crippen LogP contribution >= 0.6 is 11.6 Å². The zero-order chi connectivity index (χ0) is 16.4. The molecule has 2 heterocycles. The first-order valence-corrected chi connectivity index (χ1v) is 8.25. The number of aromatic nitrogens is 3. The third-order valence-electron chi connectivity index (χ3n) is 4.02. The summed E-state index contributed by atoms with van der Waals surface area (Å²) in [7, 11) is 0. The Balaban J connectivity index is 1.54. The molecule has 0 N–H and O–H groups in total. The molecule has 0 unspecified atom stereocenters. The lowest BCUT2D eigenvalue weighted by Crippen LogP contribution is -2.23. The van der Waals surface area contributed by atoms with Crippen LogP contribution in [-0.2, 0) is 11.3 Å². The molecule has 1 saturated heterocycles. The predicted molar refractivity (Wildman–Crippen MR) is 93.1 cm³/mol. The molecule has 0 saturated carbocycles. The SMILES string of the molecule is Clc1cccc(Cn2cc([C@H]3OCCN3c3ccccc3)nn2)c1. The van der Waals surface area contributed by atoms with Gasteiger partial charge in [0.05, 0.1) is 19.3 Å². The van der Waals surface area contributed by atoms with E-state index in [2.05, 4.69) is 27.3 Å². The second-order valence-electron chi connectivity index (χ2n) is 5.72. The number of ether oxygens (including phenoxy) is 1. The lowest BCUT2D eigenvalue weighted by Gasteiger charge is -2.23. The predicted octanol–water partition coefficient (Wildman–Crippen LogP) is 3.52. The van der Waals surface area contributed by atoms with Gasteiger partial charge in [0.1, 0.15) is 5.69 Å². The van der Waals surface area contributed by atoms with Crippen LogP contribution in [0.4, 0.5) is 5.69 Å². The molecule has 4 rings (SSSR count). The third-order valence-corrected chi connectivity index (χ3v) is 4.26. The smallest absolute Gasteiger partial charge is 0.177 e. The van der Waals surface area contributed by atoms with Crippen molar-refractivity contribution in [1.29, 1.82) is 0 Å². The summed E-state index contributed by atoms with van der Waals surface area (Å²) >= 11 is 6.03. The topological polar surface area (TPSA) is 43.2 Å². The summed E-state index contributed by atoms with van der Waals surface area (Å²) in [5.74, 6) is 0. The monoisotopic (exact) mass is 340 g/mol. The van der Waals surface area contributed by atoms with E-state index in [9.17, 15) is 0 Å². The summed E-state index contributed by atoms with van der Waals surface area (Å²) in [6.07, 6.45) is 1.74. The van der Waals surface area contributed by atoms with Crippen LogP contribution in [0.2, 0.25) is 5.02 Å². The molecule has 3 aromatic rings. The summed E-state index contributed by atoms with van der Waals surface area (Å²) in [6, 6.07) is 18.0. The molecule has 0 amide bonds. The molecule has 24 heavy (non-hydrogen) atoms. The molecule has 122 valence electrons. The third kappa shape index (κ3) is 3.13. The average Bonchev–Trinajstić information content (AvgIpc) is 3.24. The van der Waals surface area contributed by atoms with Crippen molar-refractivity contribution in [2.24, 2.45) is 0 Å². The van der Waals surface area contributed by atoms with Gasteiger partial charge in [-0.2, -0.15) is 0 Å². The normalized spacial score (nSPS) is 17.4. The van der Waals surface area contributed by atoms with Gasteiger partial charge in [0, 0.05) is 17.3 Å². The zero-order valence-corrected chi connectivity index (χ0v) is 13.8. The highest BCUT2D eigenvalue weighted by atomic mass is 35.5. The van der Waals surface area contributed by atoms with E-state index in [-0.39, 0.29) is 6.23 Å². The highest BCUT2D eigenvalue weighted by Gasteiger charge is 2.29. The quantitative estimate of drug-likeness (QED) is 0.729. The highest BCUT2D eigenvalue weighted by Crippen LogP contribution is 2.30. The Labute approximate surface area is 145 Å². The van der Waals surface area contributed by atoms with Gasteiger partial charge in [-0.25, -0.2) is 4.68 Å². The molecule has 0 radical (unpaired) electrons. The summed E-state index contributed by atoms with van der Waals surface area (Å²) in [6.45, 7) is 2.15. The van der Waals surface area contributed by atoms with Gasteiger partial charge in [0.2, 0.25) is 0 Å². The van der Waals surface area contributed by atoms with Crippen molar-refractivity contribution in [3.8, 4) is 0 Å². The second-order valence-corrected chi connectivity index (χ2v) is 6.16. The molecular formula is C18H17ClN4O. The van der Waals surface area contributed by atoms with Crippen LogP contribution in [0.25, 0.3) is 0 Å². The van der Waals surface area contributed by atoms with Crippen molar-refractivity contribution < 1.29 is 4.74 Å². The lowest BCUT2D eigenvalue weighted by molar-refractivity contribution is 0.110. The van der Waals surface area contributed by atoms with E-state index in [0.29, 0.717) is 13.2 Å². The van der Waals surface area contributed by atoms with Gasteiger partial charge in [-0.3, -0.25) is 0 Å². The standard InChI is InChI=1S/C18H17ClN4O/c19-15-6-4-5-14(11-15)12-22-13-17(20-21-22)18-23(9-10-24-18)16-7-2-1-3-8-16/h1-8,11,13,18H,9-10,12H2/t18-/m1/s1. The van der Waals surface area contributed by atoms with E-state index < -0.39 is 0 Å². The molecule has 5 nitrogen and oxygen atoms in total. The van der Waals surface area contributed by atoms with Crippen molar-refractivity contribution in [1.82, 2.24) is 15.0 Å². The Morgan fingerprint density at radius 1 is 1.12 bits per heavy atom. The molecular weight excluding hydrogens is 324 g/mol. The molecule has 1 atom stereocenters. The maximum Gasteiger partial charge on any atom is 0.177 e. The van der Waals surface area contributed by atoms with Crippen molar-refractivity contribution in [2.75, 3.05) is 18.1 Å². The zero-order valence-electron chi connectivity index (χ0n) is 13.0. The van der Waals surface area contributed by atoms with Gasteiger partial charge < -0.3 is 9.64 Å². The van der Waals surface area contributed by atoms with Crippen LogP contribution in [0.15, 0.2) is 60.8 Å². The fourth-order valence-corrected chi connectivity index (χ4v) is 3.14. The fourth-order valence-electron chi connectivity index (χ4n) is 2.93. The molecule has 0 spiro atoms. The van der Waals surface area contributed by atoms with Crippen LogP contribution in [0, 0.1) is 0 Å². The van der Waals surface area contributed by atoms with Crippen molar-refractivity contribution >= 4 is 17.3 Å². The number of halogens is 1. The van der Waals surface area contributed by atoms with Crippen LogP contribution in [-0.4, -0.2) is 28.1 Å². The van der Waals surface area contributed by atoms with E-state index >= 15 is 0 Å². The average molecular weight is 341 g/mol. The number of hydrogen-bond donors (Lipinski definition) is 0. The van der Waals surface area contributed by atoms with Crippen LogP contribution in [0.5, 0.6) is 0 Å². The summed E-state index contributed by atoms with van der Waals surface area (Å²) in [5.41, 5.74) is 3.04. The van der Waals surface area contributed by atoms with Crippen molar-refractivity contribution in [2.45, 2.75) is 12.8 Å². The van der Waals surface area contributed by atoms with Crippen LogP contribution in [0.1, 0.15) is 17.5 Å². The number of rotatable bonds is 4. The fraction of sp³-hybridized carbons (Fsp3) is 0.222. The van der Waals surface area contributed by atoms with Crippen LogP contribution in [0.3, 0.4) is 0 Å². The van der Waals surface area contributed by atoms with Gasteiger partial charge in [-0.05, 0) is 29.8 Å². The van der Waals surface area contributed by atoms with E-state index in [4.69, 9.17) is 16.3 Å². The van der Waals surface area contributed by atoms with Crippen LogP contribution < -0.4 is 4.90 Å². The molecule has 1 fully saturated rings. The second kappa shape index (κ2) is 6.63. The highest BCUT2D eigenvalue weighted by molar-refractivity contribution is 6.30. The molecule has 0 bridgehead atoms. The molecule has 2 aromatic carbocycles. The Kier molecular flexibility index (Phi) is 4.19. The Morgan fingerprint density at radius 2 is 2.00 bits per heavy atom. The van der Waals surface area contributed by atoms with Gasteiger partial charge in [-0.1, -0.05) is 47.1 Å².